The molecule has 1 aliphatic heterocycles. The van der Waals surface area contributed by atoms with Gasteiger partial charge < -0.3 is 15.6 Å². The van der Waals surface area contributed by atoms with Crippen LogP contribution in [0.5, 0.6) is 0 Å². The van der Waals surface area contributed by atoms with Crippen molar-refractivity contribution in [2.45, 2.75) is 57.3 Å². The maximum Gasteiger partial charge on any atom is 0.186 e. The molecule has 0 fully saturated rings. The van der Waals surface area contributed by atoms with Crippen molar-refractivity contribution in [3.8, 4) is 0 Å². The van der Waals surface area contributed by atoms with E-state index in [0.29, 0.717) is 44.7 Å². The molecular formula is C19H29FN2O2. The highest BCUT2D eigenvalue weighted by Crippen LogP contribution is 2.26. The molecule has 0 spiro atoms. The number of hydrogen-bond acceptors (Lipinski definition) is 4. The summed E-state index contributed by atoms with van der Waals surface area (Å²) < 4.78 is 19.4. The van der Waals surface area contributed by atoms with Crippen molar-refractivity contribution in [3.05, 3.63) is 35.9 Å². The molecule has 0 saturated carbocycles. The number of alkyl halides is 1. The minimum absolute atomic E-state index is 0.0839. The normalized spacial score (nSPS) is 18.6. The molecule has 1 aliphatic rings. The van der Waals surface area contributed by atoms with Crippen molar-refractivity contribution < 1.29 is 14.2 Å². The van der Waals surface area contributed by atoms with E-state index in [4.69, 9.17) is 10.5 Å². The van der Waals surface area contributed by atoms with Gasteiger partial charge in [0, 0.05) is 12.0 Å². The van der Waals surface area contributed by atoms with Crippen LogP contribution in [0.4, 0.5) is 4.39 Å². The van der Waals surface area contributed by atoms with E-state index >= 15 is 0 Å². The number of benzene rings is 1. The van der Waals surface area contributed by atoms with Crippen molar-refractivity contribution in [1.29, 1.82) is 0 Å². The molecule has 0 amide bonds. The molecule has 1 aromatic rings. The third kappa shape index (κ3) is 6.21. The Bertz CT molecular complexity index is 528. The Balaban J connectivity index is 1.94. The fourth-order valence-electron chi connectivity index (χ4n) is 2.95. The van der Waals surface area contributed by atoms with E-state index in [1.165, 1.54) is 0 Å². The van der Waals surface area contributed by atoms with Crippen LogP contribution in [-0.4, -0.2) is 42.0 Å². The standard InChI is InChI=1S/C19H29FN2O2/c1-19(2,20)9-8-15(18-22-10-11-24-18)13-17(23)16(21)12-14-6-4-3-5-7-14/h3-7,15-17,23H,8-13,21H2,1-2H3. The van der Waals surface area contributed by atoms with Gasteiger partial charge in [0.25, 0.3) is 0 Å². The van der Waals surface area contributed by atoms with Gasteiger partial charge >= 0.3 is 0 Å². The van der Waals surface area contributed by atoms with Crippen LogP contribution in [0.15, 0.2) is 35.3 Å². The largest absolute Gasteiger partial charge is 0.479 e. The van der Waals surface area contributed by atoms with Crippen LogP contribution in [0, 0.1) is 5.92 Å². The second-order valence-corrected chi connectivity index (χ2v) is 7.18. The Hall–Kier alpha value is -1.46. The van der Waals surface area contributed by atoms with E-state index in [9.17, 15) is 9.50 Å². The quantitative estimate of drug-likeness (QED) is 0.728. The molecule has 5 heteroatoms. The zero-order valence-electron chi connectivity index (χ0n) is 14.6. The van der Waals surface area contributed by atoms with E-state index in [-0.39, 0.29) is 12.0 Å². The number of aliphatic imine (C=N–C) groups is 1. The van der Waals surface area contributed by atoms with Crippen molar-refractivity contribution in [1.82, 2.24) is 0 Å². The first-order chi connectivity index (χ1) is 11.3. The first-order valence-electron chi connectivity index (χ1n) is 8.69. The van der Waals surface area contributed by atoms with Crippen LogP contribution in [0.25, 0.3) is 0 Å². The van der Waals surface area contributed by atoms with E-state index in [1.807, 2.05) is 30.3 Å². The van der Waals surface area contributed by atoms with Crippen LogP contribution >= 0.6 is 0 Å². The van der Waals surface area contributed by atoms with Crippen LogP contribution in [-0.2, 0) is 11.2 Å². The van der Waals surface area contributed by atoms with Crippen LogP contribution in [0.1, 0.15) is 38.7 Å². The van der Waals surface area contributed by atoms with Crippen molar-refractivity contribution in [2.75, 3.05) is 13.2 Å². The predicted octanol–water partition coefficient (Wildman–Crippen LogP) is 2.88. The summed E-state index contributed by atoms with van der Waals surface area (Å²) in [6.45, 7) is 4.34. The lowest BCUT2D eigenvalue weighted by Crippen LogP contribution is -2.39. The highest BCUT2D eigenvalue weighted by atomic mass is 19.1. The Labute approximate surface area is 143 Å². The fourth-order valence-corrected chi connectivity index (χ4v) is 2.95. The maximum absolute atomic E-state index is 13.9. The molecule has 134 valence electrons. The van der Waals surface area contributed by atoms with E-state index < -0.39 is 11.8 Å². The van der Waals surface area contributed by atoms with Gasteiger partial charge in [0.15, 0.2) is 5.90 Å². The topological polar surface area (TPSA) is 67.8 Å². The van der Waals surface area contributed by atoms with E-state index in [2.05, 4.69) is 4.99 Å². The zero-order chi connectivity index (χ0) is 17.6. The third-order valence-electron chi connectivity index (χ3n) is 4.38. The van der Waals surface area contributed by atoms with Gasteiger partial charge in [-0.15, -0.1) is 0 Å². The summed E-state index contributed by atoms with van der Waals surface area (Å²) in [6, 6.07) is 9.51. The molecule has 0 radical (unpaired) electrons. The first kappa shape index (κ1) is 18.9. The summed E-state index contributed by atoms with van der Waals surface area (Å²) in [5.41, 5.74) is 6.03. The van der Waals surface area contributed by atoms with Gasteiger partial charge in [-0.1, -0.05) is 30.3 Å². The number of aliphatic hydroxyl groups is 1. The third-order valence-corrected chi connectivity index (χ3v) is 4.38. The molecule has 0 saturated heterocycles. The fraction of sp³-hybridized carbons (Fsp3) is 0.632. The second kappa shape index (κ2) is 8.58. The van der Waals surface area contributed by atoms with Crippen LogP contribution in [0.3, 0.4) is 0 Å². The van der Waals surface area contributed by atoms with Gasteiger partial charge in [-0.2, -0.15) is 0 Å². The monoisotopic (exact) mass is 336 g/mol. The molecule has 24 heavy (non-hydrogen) atoms. The number of halogens is 1. The SMILES string of the molecule is CC(C)(F)CCC(CC(O)C(N)Cc1ccccc1)C1=NCCO1. The Morgan fingerprint density at radius 1 is 1.33 bits per heavy atom. The lowest BCUT2D eigenvalue weighted by molar-refractivity contribution is 0.112. The molecule has 1 aromatic carbocycles. The Kier molecular flexibility index (Phi) is 6.75. The lowest BCUT2D eigenvalue weighted by Gasteiger charge is -2.25. The molecule has 4 nitrogen and oxygen atoms in total. The smallest absolute Gasteiger partial charge is 0.186 e. The summed E-state index contributed by atoms with van der Waals surface area (Å²) in [5.74, 6) is 0.560. The van der Waals surface area contributed by atoms with Gasteiger partial charge in [-0.25, -0.2) is 4.39 Å². The van der Waals surface area contributed by atoms with Crippen LogP contribution < -0.4 is 5.73 Å². The number of nitrogens with two attached hydrogens (primary N) is 1. The molecule has 0 aliphatic carbocycles. The summed E-state index contributed by atoms with van der Waals surface area (Å²) in [5, 5.41) is 10.5. The summed E-state index contributed by atoms with van der Waals surface area (Å²) in [4.78, 5) is 4.35. The average molecular weight is 336 g/mol. The number of hydrogen-bond donors (Lipinski definition) is 2. The van der Waals surface area contributed by atoms with Gasteiger partial charge in [0.2, 0.25) is 0 Å². The van der Waals surface area contributed by atoms with Crippen molar-refractivity contribution in [3.63, 3.8) is 0 Å². The minimum Gasteiger partial charge on any atom is -0.479 e. The first-order valence-corrected chi connectivity index (χ1v) is 8.69. The Morgan fingerprint density at radius 2 is 2.04 bits per heavy atom. The van der Waals surface area contributed by atoms with Gasteiger partial charge in [0.1, 0.15) is 12.3 Å². The molecule has 1 heterocycles. The highest BCUT2D eigenvalue weighted by molar-refractivity contribution is 5.79. The minimum atomic E-state index is -1.24. The van der Waals surface area contributed by atoms with Crippen molar-refractivity contribution in [2.24, 2.45) is 16.6 Å². The number of rotatable bonds is 9. The molecule has 2 rings (SSSR count). The molecule has 3 N–H and O–H groups in total. The van der Waals surface area contributed by atoms with Crippen LogP contribution in [0.2, 0.25) is 0 Å². The summed E-state index contributed by atoms with van der Waals surface area (Å²) in [6.07, 6.45) is 1.38. The summed E-state index contributed by atoms with van der Waals surface area (Å²) in [7, 11) is 0. The zero-order valence-corrected chi connectivity index (χ0v) is 14.6. The maximum atomic E-state index is 13.9. The second-order valence-electron chi connectivity index (χ2n) is 7.18. The van der Waals surface area contributed by atoms with Gasteiger partial charge in [0.05, 0.1) is 12.6 Å². The molecular weight excluding hydrogens is 307 g/mol. The highest BCUT2D eigenvalue weighted by Gasteiger charge is 2.29. The predicted molar refractivity (Wildman–Crippen MR) is 94.9 cm³/mol. The molecule has 3 atom stereocenters. The van der Waals surface area contributed by atoms with Gasteiger partial charge in [-0.05, 0) is 45.1 Å². The van der Waals surface area contributed by atoms with E-state index in [1.54, 1.807) is 13.8 Å². The lowest BCUT2D eigenvalue weighted by atomic mass is 9.88. The Morgan fingerprint density at radius 3 is 2.62 bits per heavy atom. The number of aliphatic hydroxyl groups excluding tert-OH is 1. The van der Waals surface area contributed by atoms with Crippen molar-refractivity contribution >= 4 is 5.90 Å². The average Bonchev–Trinajstić information content (AvgIpc) is 3.05. The van der Waals surface area contributed by atoms with E-state index in [0.717, 1.165) is 5.56 Å². The molecule has 3 unspecified atom stereocenters. The molecule has 0 aromatic heterocycles. The summed E-state index contributed by atoms with van der Waals surface area (Å²) >= 11 is 0. The van der Waals surface area contributed by atoms with Gasteiger partial charge in [-0.3, -0.25) is 4.99 Å². The number of ether oxygens (including phenoxy) is 1. The number of nitrogens with zero attached hydrogens (tertiary/aromatic N) is 1. The molecule has 0 bridgehead atoms.